The maximum Gasteiger partial charge on any atom is 0.319 e. The van der Waals surface area contributed by atoms with Crippen molar-refractivity contribution in [3.8, 4) is 0 Å². The molecule has 7 heteroatoms. The van der Waals surface area contributed by atoms with Gasteiger partial charge in [0.25, 0.3) is 0 Å². The van der Waals surface area contributed by atoms with Gasteiger partial charge >= 0.3 is 5.97 Å². The number of carbonyl (C=O) groups is 2. The van der Waals surface area contributed by atoms with Gasteiger partial charge in [-0.1, -0.05) is 58.9 Å². The molecule has 2 fully saturated rings. The van der Waals surface area contributed by atoms with E-state index in [2.05, 4.69) is 74.9 Å². The molecule has 3 aliphatic rings. The highest BCUT2D eigenvalue weighted by atomic mass is 16.6. The van der Waals surface area contributed by atoms with E-state index in [-0.39, 0.29) is 29.8 Å². The van der Waals surface area contributed by atoms with E-state index in [0.29, 0.717) is 24.4 Å². The topological polar surface area (TPSA) is 79.3 Å². The molecule has 3 aliphatic heterocycles. The SMILES string of the molecule is C=C.CCCN1C[C@H](C)C[C@@H](C)C[C@@H](C)C(=O)C(C)(C)C(=O)OC[C@H]1CCCN1CCc2ccccc2C1.C[C@H]1C[C@@H](C)O[C@@H](O)C1. The highest BCUT2D eigenvalue weighted by Crippen LogP contribution is 2.30. The minimum Gasteiger partial charge on any atom is -0.463 e. The normalized spacial score (nSPS) is 30.9. The summed E-state index contributed by atoms with van der Waals surface area (Å²) in [4.78, 5) is 31.4. The van der Waals surface area contributed by atoms with Crippen molar-refractivity contribution in [2.75, 3.05) is 32.8 Å². The molecule has 4 rings (SSSR count). The van der Waals surface area contributed by atoms with Crippen molar-refractivity contribution in [3.63, 3.8) is 0 Å². The summed E-state index contributed by atoms with van der Waals surface area (Å²) in [6, 6.07) is 8.98. The molecule has 0 radical (unpaired) electrons. The summed E-state index contributed by atoms with van der Waals surface area (Å²) >= 11 is 0. The summed E-state index contributed by atoms with van der Waals surface area (Å²) in [6.45, 7) is 28.0. The minimum atomic E-state index is -1.10. The van der Waals surface area contributed by atoms with Crippen LogP contribution in [0.1, 0.15) is 111 Å². The van der Waals surface area contributed by atoms with E-state index in [4.69, 9.17) is 14.6 Å². The molecule has 2 saturated heterocycles. The lowest BCUT2D eigenvalue weighted by Crippen LogP contribution is -2.44. The Hall–Kier alpha value is -2.06. The minimum absolute atomic E-state index is 0.0126. The van der Waals surface area contributed by atoms with Crippen LogP contribution in [0.25, 0.3) is 0 Å². The van der Waals surface area contributed by atoms with Crippen LogP contribution in [0.2, 0.25) is 0 Å². The van der Waals surface area contributed by atoms with Gasteiger partial charge in [0.2, 0.25) is 0 Å². The Balaban J connectivity index is 0.000000594. The number of fused-ring (bicyclic) bond motifs is 1. The van der Waals surface area contributed by atoms with Gasteiger partial charge in [0.1, 0.15) is 12.0 Å². The third-order valence-corrected chi connectivity index (χ3v) is 10.1. The molecule has 0 aromatic heterocycles. The molecule has 7 atom stereocenters. The number of esters is 1. The van der Waals surface area contributed by atoms with Gasteiger partial charge in [-0.15, -0.1) is 13.2 Å². The number of nitrogens with zero attached hydrogens (tertiary/aromatic N) is 2. The van der Waals surface area contributed by atoms with Crippen molar-refractivity contribution in [1.29, 1.82) is 0 Å². The lowest BCUT2D eigenvalue weighted by Gasteiger charge is -2.35. The lowest BCUT2D eigenvalue weighted by atomic mass is 9.78. The van der Waals surface area contributed by atoms with Crippen LogP contribution >= 0.6 is 0 Å². The van der Waals surface area contributed by atoms with E-state index in [1.54, 1.807) is 13.8 Å². The van der Waals surface area contributed by atoms with Crippen molar-refractivity contribution >= 4 is 11.8 Å². The Morgan fingerprint density at radius 3 is 2.21 bits per heavy atom. The number of aliphatic hydroxyl groups excluding tert-OH is 1. The summed E-state index contributed by atoms with van der Waals surface area (Å²) in [5, 5.41) is 9.03. The average molecular weight is 657 g/mol. The van der Waals surface area contributed by atoms with Gasteiger partial charge in [-0.25, -0.2) is 0 Å². The number of aliphatic hydroxyl groups is 1. The predicted molar refractivity (Wildman–Crippen MR) is 193 cm³/mol. The van der Waals surface area contributed by atoms with Gasteiger partial charge in [-0.3, -0.25) is 19.4 Å². The molecule has 268 valence electrons. The molecule has 1 N–H and O–H groups in total. The Kier molecular flexibility index (Phi) is 17.9. The summed E-state index contributed by atoms with van der Waals surface area (Å²) < 4.78 is 11.0. The van der Waals surface area contributed by atoms with Crippen molar-refractivity contribution in [3.05, 3.63) is 48.6 Å². The number of benzene rings is 1. The van der Waals surface area contributed by atoms with Crippen LogP contribution in [-0.2, 0) is 32.0 Å². The van der Waals surface area contributed by atoms with Gasteiger partial charge in [0.15, 0.2) is 12.1 Å². The number of carbonyl (C=O) groups excluding carboxylic acids is 2. The number of hydrogen-bond donors (Lipinski definition) is 1. The van der Waals surface area contributed by atoms with Crippen molar-refractivity contribution < 1.29 is 24.2 Å². The Bertz CT molecular complexity index is 1050. The monoisotopic (exact) mass is 657 g/mol. The predicted octanol–water partition coefficient (Wildman–Crippen LogP) is 7.69. The van der Waals surface area contributed by atoms with Gasteiger partial charge in [0, 0.05) is 38.0 Å². The van der Waals surface area contributed by atoms with E-state index >= 15 is 0 Å². The molecule has 3 heterocycles. The molecule has 0 spiro atoms. The fourth-order valence-corrected chi connectivity index (χ4v) is 7.80. The maximum absolute atomic E-state index is 13.2. The number of hydrogen-bond acceptors (Lipinski definition) is 7. The smallest absolute Gasteiger partial charge is 0.319 e. The molecule has 1 aromatic carbocycles. The van der Waals surface area contributed by atoms with Crippen LogP contribution in [0.4, 0.5) is 0 Å². The second-order valence-electron chi connectivity index (χ2n) is 15.2. The molecular weight excluding hydrogens is 588 g/mol. The molecule has 0 aliphatic carbocycles. The first-order valence-corrected chi connectivity index (χ1v) is 18.4. The second-order valence-corrected chi connectivity index (χ2v) is 15.2. The lowest BCUT2D eigenvalue weighted by molar-refractivity contribution is -0.169. The number of ether oxygens (including phenoxy) is 2. The average Bonchev–Trinajstić information content (AvgIpc) is 3.02. The fourth-order valence-electron chi connectivity index (χ4n) is 7.80. The van der Waals surface area contributed by atoms with Crippen LogP contribution in [0.3, 0.4) is 0 Å². The third-order valence-electron chi connectivity index (χ3n) is 10.1. The first-order valence-electron chi connectivity index (χ1n) is 18.4. The molecular formula is C40H68N2O5. The van der Waals surface area contributed by atoms with Crippen molar-refractivity contribution in [1.82, 2.24) is 9.80 Å². The van der Waals surface area contributed by atoms with Crippen LogP contribution in [0.15, 0.2) is 37.4 Å². The van der Waals surface area contributed by atoms with E-state index in [1.807, 2.05) is 13.8 Å². The third kappa shape index (κ3) is 13.4. The molecule has 0 amide bonds. The maximum atomic E-state index is 13.2. The Morgan fingerprint density at radius 1 is 0.915 bits per heavy atom. The van der Waals surface area contributed by atoms with E-state index in [9.17, 15) is 9.59 Å². The zero-order valence-electron chi connectivity index (χ0n) is 31.1. The summed E-state index contributed by atoms with van der Waals surface area (Å²) in [5.41, 5.74) is 1.84. The first kappa shape index (κ1) is 41.1. The van der Waals surface area contributed by atoms with Gasteiger partial charge in [-0.05, 0) is 108 Å². The van der Waals surface area contributed by atoms with E-state index in [1.165, 1.54) is 11.1 Å². The Morgan fingerprint density at radius 2 is 1.57 bits per heavy atom. The highest BCUT2D eigenvalue weighted by Gasteiger charge is 2.41. The Labute approximate surface area is 287 Å². The number of rotatable bonds is 6. The molecule has 7 nitrogen and oxygen atoms in total. The summed E-state index contributed by atoms with van der Waals surface area (Å²) in [6.07, 6.45) is 7.82. The number of cyclic esters (lactones) is 1. The van der Waals surface area contributed by atoms with Crippen LogP contribution < -0.4 is 0 Å². The zero-order valence-corrected chi connectivity index (χ0v) is 31.1. The quantitative estimate of drug-likeness (QED) is 0.191. The van der Waals surface area contributed by atoms with Gasteiger partial charge < -0.3 is 14.6 Å². The zero-order chi connectivity index (χ0) is 35.1. The van der Waals surface area contributed by atoms with E-state index < -0.39 is 11.7 Å². The largest absolute Gasteiger partial charge is 0.463 e. The molecule has 1 aromatic rings. The summed E-state index contributed by atoms with van der Waals surface area (Å²) in [5.74, 6) is 1.12. The summed E-state index contributed by atoms with van der Waals surface area (Å²) in [7, 11) is 0. The van der Waals surface area contributed by atoms with Crippen LogP contribution in [-0.4, -0.2) is 77.9 Å². The van der Waals surface area contributed by atoms with Gasteiger partial charge in [0.05, 0.1) is 6.10 Å². The fraction of sp³-hybridized carbons (Fsp3) is 0.750. The highest BCUT2D eigenvalue weighted by molar-refractivity contribution is 6.03. The molecule has 0 saturated carbocycles. The second kappa shape index (κ2) is 20.5. The molecule has 0 bridgehead atoms. The first-order chi connectivity index (χ1) is 22.3. The molecule has 47 heavy (non-hydrogen) atoms. The van der Waals surface area contributed by atoms with Crippen molar-refractivity contribution in [2.45, 2.75) is 132 Å². The van der Waals surface area contributed by atoms with Gasteiger partial charge in [-0.2, -0.15) is 0 Å². The van der Waals surface area contributed by atoms with Crippen molar-refractivity contribution in [2.24, 2.45) is 29.1 Å². The molecule has 0 unspecified atom stereocenters. The van der Waals surface area contributed by atoms with Crippen LogP contribution in [0.5, 0.6) is 0 Å². The number of ketones is 1. The van der Waals surface area contributed by atoms with Crippen LogP contribution in [0, 0.1) is 29.1 Å². The van der Waals surface area contributed by atoms with E-state index in [0.717, 1.165) is 84.1 Å². The number of Topliss-reactive ketones (excluding diaryl/α,β-unsaturated/α-hetero) is 1. The standard InChI is InChI=1S/C31H50N2O3.C7H14O2.C2H4/c1-7-15-33-20-24(3)18-23(2)19-25(4)29(34)31(5,6)30(35)36-22-28(33)13-10-16-32-17-14-26-11-8-9-12-27(26)21-32;1-5-3-6(2)9-7(8)4-5;1-2/h8-9,11-12,23-25,28H,7,10,13-22H2,1-6H3;5-8H,3-4H2,1-2H3;1-2H2/t23-,24-,25-,28-;5-,6+,7+;/m10./s1.